The van der Waals surface area contributed by atoms with Gasteiger partial charge >= 0.3 is 0 Å². The van der Waals surface area contributed by atoms with E-state index >= 15 is 0 Å². The maximum absolute atomic E-state index is 11.9. The molecular formula is C14H16ClN3O. The average Bonchev–Trinajstić information content (AvgIpc) is 2.68. The van der Waals surface area contributed by atoms with Crippen molar-refractivity contribution in [2.24, 2.45) is 7.05 Å². The maximum Gasteiger partial charge on any atom is 0.254 e. The molecule has 1 amide bonds. The molecule has 0 fully saturated rings. The Morgan fingerprint density at radius 1 is 1.47 bits per heavy atom. The number of carbonyl (C=O) groups is 1. The van der Waals surface area contributed by atoms with Crippen molar-refractivity contribution in [1.82, 2.24) is 15.1 Å². The predicted molar refractivity (Wildman–Crippen MR) is 75.4 cm³/mol. The molecule has 0 aliphatic rings. The van der Waals surface area contributed by atoms with Gasteiger partial charge in [-0.3, -0.25) is 9.48 Å². The quantitative estimate of drug-likeness (QED) is 0.932. The van der Waals surface area contributed by atoms with Crippen LogP contribution in [0, 0.1) is 6.92 Å². The zero-order valence-corrected chi connectivity index (χ0v) is 11.7. The first kappa shape index (κ1) is 13.6. The molecule has 2 aromatic rings. The third-order valence-electron chi connectivity index (χ3n) is 2.85. The number of hydrogen-bond acceptors (Lipinski definition) is 2. The summed E-state index contributed by atoms with van der Waals surface area (Å²) >= 11 is 5.91. The smallest absolute Gasteiger partial charge is 0.254 e. The summed E-state index contributed by atoms with van der Waals surface area (Å²) in [7, 11) is 1.80. The summed E-state index contributed by atoms with van der Waals surface area (Å²) in [5.41, 5.74) is 2.46. The number of benzene rings is 1. The van der Waals surface area contributed by atoms with Gasteiger partial charge in [0, 0.05) is 24.8 Å². The number of halogens is 1. The molecule has 5 heteroatoms. The first-order valence-electron chi connectivity index (χ1n) is 6.09. The Kier molecular flexibility index (Phi) is 4.22. The molecule has 2 rings (SSSR count). The number of aryl methyl sites for hydroxylation is 2. The van der Waals surface area contributed by atoms with Gasteiger partial charge in [-0.1, -0.05) is 23.7 Å². The van der Waals surface area contributed by atoms with E-state index < -0.39 is 0 Å². The van der Waals surface area contributed by atoms with Crippen LogP contribution in [0.15, 0.2) is 30.5 Å². The summed E-state index contributed by atoms with van der Waals surface area (Å²) in [6, 6.07) is 7.64. The number of nitrogens with one attached hydrogen (secondary N) is 1. The van der Waals surface area contributed by atoms with Gasteiger partial charge in [0.25, 0.3) is 5.91 Å². The van der Waals surface area contributed by atoms with Gasteiger partial charge < -0.3 is 5.32 Å². The molecule has 1 heterocycles. The molecule has 0 spiro atoms. The summed E-state index contributed by atoms with van der Waals surface area (Å²) in [5, 5.41) is 7.75. The molecule has 19 heavy (non-hydrogen) atoms. The van der Waals surface area contributed by atoms with E-state index in [9.17, 15) is 4.79 Å². The normalized spacial score (nSPS) is 10.5. The summed E-state index contributed by atoms with van der Waals surface area (Å²) in [6.45, 7) is 2.40. The van der Waals surface area contributed by atoms with Crippen molar-refractivity contribution >= 4 is 17.5 Å². The number of amides is 1. The average molecular weight is 278 g/mol. The highest BCUT2D eigenvalue weighted by Crippen LogP contribution is 2.11. The van der Waals surface area contributed by atoms with Gasteiger partial charge in [-0.05, 0) is 31.0 Å². The van der Waals surface area contributed by atoms with Crippen LogP contribution in [0.4, 0.5) is 0 Å². The highest BCUT2D eigenvalue weighted by molar-refractivity contribution is 6.30. The molecule has 0 aliphatic heterocycles. The van der Waals surface area contributed by atoms with E-state index in [1.807, 2.05) is 31.2 Å². The summed E-state index contributed by atoms with van der Waals surface area (Å²) in [5.74, 6) is -0.0902. The van der Waals surface area contributed by atoms with Crippen molar-refractivity contribution in [1.29, 1.82) is 0 Å². The van der Waals surface area contributed by atoms with Crippen LogP contribution in [0.25, 0.3) is 0 Å². The van der Waals surface area contributed by atoms with Gasteiger partial charge in [0.2, 0.25) is 0 Å². The highest BCUT2D eigenvalue weighted by atomic mass is 35.5. The van der Waals surface area contributed by atoms with Gasteiger partial charge in [0.1, 0.15) is 0 Å². The lowest BCUT2D eigenvalue weighted by molar-refractivity contribution is 0.0953. The van der Waals surface area contributed by atoms with Crippen LogP contribution in [0.3, 0.4) is 0 Å². The van der Waals surface area contributed by atoms with E-state index in [0.717, 1.165) is 17.7 Å². The van der Waals surface area contributed by atoms with Crippen LogP contribution < -0.4 is 5.32 Å². The Morgan fingerprint density at radius 3 is 2.89 bits per heavy atom. The van der Waals surface area contributed by atoms with Gasteiger partial charge in [-0.15, -0.1) is 0 Å². The third kappa shape index (κ3) is 3.58. The molecule has 0 radical (unpaired) electrons. The Morgan fingerprint density at radius 2 is 2.26 bits per heavy atom. The van der Waals surface area contributed by atoms with Crippen LogP contribution in [-0.4, -0.2) is 22.2 Å². The van der Waals surface area contributed by atoms with Gasteiger partial charge in [0.05, 0.1) is 11.3 Å². The Labute approximate surface area is 117 Å². The lowest BCUT2D eigenvalue weighted by Gasteiger charge is -2.04. The number of hydrogen-bond donors (Lipinski definition) is 1. The largest absolute Gasteiger partial charge is 0.352 e. The third-order valence-corrected chi connectivity index (χ3v) is 3.08. The zero-order valence-electron chi connectivity index (χ0n) is 11.0. The fraction of sp³-hybridized carbons (Fsp3) is 0.286. The standard InChI is InChI=1S/C14H16ClN3O/c1-10-13(9-18(2)17-10)14(19)16-7-6-11-4-3-5-12(15)8-11/h3-5,8-9H,6-7H2,1-2H3,(H,16,19). The van der Waals surface area contributed by atoms with Crippen molar-refractivity contribution in [2.75, 3.05) is 6.54 Å². The summed E-state index contributed by atoms with van der Waals surface area (Å²) in [4.78, 5) is 11.9. The minimum absolute atomic E-state index is 0.0902. The first-order chi connectivity index (χ1) is 9.06. The van der Waals surface area contributed by atoms with E-state index in [2.05, 4.69) is 10.4 Å². The van der Waals surface area contributed by atoms with E-state index in [1.165, 1.54) is 0 Å². The van der Waals surface area contributed by atoms with Gasteiger partial charge in [0.15, 0.2) is 0 Å². The molecule has 0 unspecified atom stereocenters. The monoisotopic (exact) mass is 277 g/mol. The van der Waals surface area contributed by atoms with Crippen LogP contribution in [-0.2, 0) is 13.5 Å². The van der Waals surface area contributed by atoms with Crippen LogP contribution in [0.1, 0.15) is 21.6 Å². The van der Waals surface area contributed by atoms with E-state index in [-0.39, 0.29) is 5.91 Å². The van der Waals surface area contributed by atoms with Crippen molar-refractivity contribution in [3.8, 4) is 0 Å². The van der Waals surface area contributed by atoms with E-state index in [0.29, 0.717) is 17.1 Å². The molecule has 1 N–H and O–H groups in total. The van der Waals surface area contributed by atoms with Gasteiger partial charge in [-0.25, -0.2) is 0 Å². The Bertz CT molecular complexity index is 592. The second-order valence-electron chi connectivity index (χ2n) is 4.44. The lowest BCUT2D eigenvalue weighted by Crippen LogP contribution is -2.25. The van der Waals surface area contributed by atoms with Gasteiger partial charge in [-0.2, -0.15) is 5.10 Å². The number of aromatic nitrogens is 2. The molecule has 0 saturated heterocycles. The molecule has 1 aromatic carbocycles. The van der Waals surface area contributed by atoms with Crippen molar-refractivity contribution in [3.63, 3.8) is 0 Å². The number of carbonyl (C=O) groups excluding carboxylic acids is 1. The lowest BCUT2D eigenvalue weighted by atomic mass is 10.1. The van der Waals surface area contributed by atoms with Crippen molar-refractivity contribution in [3.05, 3.63) is 52.3 Å². The molecule has 0 bridgehead atoms. The van der Waals surface area contributed by atoms with Crippen molar-refractivity contribution in [2.45, 2.75) is 13.3 Å². The second-order valence-corrected chi connectivity index (χ2v) is 4.87. The maximum atomic E-state index is 11.9. The van der Waals surface area contributed by atoms with Crippen LogP contribution >= 0.6 is 11.6 Å². The molecule has 0 atom stereocenters. The highest BCUT2D eigenvalue weighted by Gasteiger charge is 2.11. The molecule has 1 aromatic heterocycles. The molecule has 4 nitrogen and oxygen atoms in total. The SMILES string of the molecule is Cc1nn(C)cc1C(=O)NCCc1cccc(Cl)c1. The van der Waals surface area contributed by atoms with Crippen LogP contribution in [0.2, 0.25) is 5.02 Å². The molecule has 0 aliphatic carbocycles. The minimum atomic E-state index is -0.0902. The first-order valence-corrected chi connectivity index (χ1v) is 6.47. The summed E-state index contributed by atoms with van der Waals surface area (Å²) < 4.78 is 1.64. The topological polar surface area (TPSA) is 46.9 Å². The van der Waals surface area contributed by atoms with E-state index in [4.69, 9.17) is 11.6 Å². The molecule has 100 valence electrons. The van der Waals surface area contributed by atoms with Crippen molar-refractivity contribution < 1.29 is 4.79 Å². The Hall–Kier alpha value is -1.81. The number of nitrogens with zero attached hydrogens (tertiary/aromatic N) is 2. The fourth-order valence-electron chi connectivity index (χ4n) is 1.93. The minimum Gasteiger partial charge on any atom is -0.352 e. The predicted octanol–water partition coefficient (Wildman–Crippen LogP) is 2.35. The Balaban J connectivity index is 1.89. The van der Waals surface area contributed by atoms with Crippen LogP contribution in [0.5, 0.6) is 0 Å². The second kappa shape index (κ2) is 5.89. The zero-order chi connectivity index (χ0) is 13.8. The molecular weight excluding hydrogens is 262 g/mol. The number of rotatable bonds is 4. The molecule has 0 saturated carbocycles. The van der Waals surface area contributed by atoms with E-state index in [1.54, 1.807) is 17.9 Å². The fourth-order valence-corrected chi connectivity index (χ4v) is 2.14. The summed E-state index contributed by atoms with van der Waals surface area (Å²) in [6.07, 6.45) is 2.48.